The van der Waals surface area contributed by atoms with Crippen LogP contribution in [0.1, 0.15) is 0 Å². The normalized spacial score (nSPS) is 10.7. The Morgan fingerprint density at radius 3 is 2.56 bits per heavy atom. The van der Waals surface area contributed by atoms with E-state index < -0.39 is 11.6 Å². The van der Waals surface area contributed by atoms with E-state index in [1.165, 1.54) is 6.07 Å². The van der Waals surface area contributed by atoms with Crippen LogP contribution in [0.5, 0.6) is 0 Å². The highest BCUT2D eigenvalue weighted by Gasteiger charge is 2.12. The third-order valence-electron chi connectivity index (χ3n) is 2.13. The lowest BCUT2D eigenvalue weighted by atomic mass is 10.1. The van der Waals surface area contributed by atoms with Gasteiger partial charge in [-0.3, -0.25) is 5.10 Å². The lowest BCUT2D eigenvalue weighted by Gasteiger charge is -2.04. The zero-order valence-corrected chi connectivity index (χ0v) is 9.24. The molecule has 0 aliphatic carbocycles. The highest BCUT2D eigenvalue weighted by Crippen LogP contribution is 2.28. The van der Waals surface area contributed by atoms with Gasteiger partial charge in [0.05, 0.1) is 5.69 Å². The van der Waals surface area contributed by atoms with E-state index in [0.29, 0.717) is 5.69 Å². The first-order valence-electron chi connectivity index (χ1n) is 4.46. The topological polar surface area (TPSA) is 54.7 Å². The number of thioether (sulfide) groups is 1. The highest BCUT2D eigenvalue weighted by molar-refractivity contribution is 7.98. The molecule has 2 rings (SSSR count). The fourth-order valence-corrected chi connectivity index (χ4v) is 1.84. The monoisotopic (exact) mass is 241 g/mol. The predicted molar refractivity (Wildman–Crippen MR) is 60.1 cm³/mol. The zero-order valence-electron chi connectivity index (χ0n) is 8.42. The minimum absolute atomic E-state index is 0.125. The molecule has 0 fully saturated rings. The largest absolute Gasteiger partial charge is 0.382 e. The molecule has 0 spiro atoms. The second-order valence-electron chi connectivity index (χ2n) is 3.17. The number of rotatable bonds is 2. The van der Waals surface area contributed by atoms with Crippen LogP contribution in [0.3, 0.4) is 0 Å². The van der Waals surface area contributed by atoms with E-state index in [4.69, 9.17) is 5.73 Å². The average Bonchev–Trinajstić information content (AvgIpc) is 2.67. The Morgan fingerprint density at radius 2 is 2.00 bits per heavy atom. The van der Waals surface area contributed by atoms with E-state index in [2.05, 4.69) is 10.2 Å². The van der Waals surface area contributed by atoms with Crippen molar-refractivity contribution in [2.24, 2.45) is 0 Å². The van der Waals surface area contributed by atoms with Crippen LogP contribution in [-0.4, -0.2) is 16.5 Å². The van der Waals surface area contributed by atoms with E-state index in [0.717, 1.165) is 23.9 Å². The zero-order chi connectivity index (χ0) is 11.7. The van der Waals surface area contributed by atoms with Crippen LogP contribution < -0.4 is 5.73 Å². The van der Waals surface area contributed by atoms with Crippen LogP contribution >= 0.6 is 11.8 Å². The summed E-state index contributed by atoms with van der Waals surface area (Å²) in [6, 6.07) is 3.75. The standard InChI is InChI=1S/C10H9F2N3S/c1-16-9-3-6(11)5(2-7(9)12)8-4-10(13)15-14-8/h2-4H,1H3,(H3,13,14,15). The minimum atomic E-state index is -0.505. The average molecular weight is 241 g/mol. The summed E-state index contributed by atoms with van der Waals surface area (Å²) < 4.78 is 27.1. The van der Waals surface area contributed by atoms with E-state index in [-0.39, 0.29) is 16.3 Å². The van der Waals surface area contributed by atoms with Crippen molar-refractivity contribution in [1.29, 1.82) is 0 Å². The second-order valence-corrected chi connectivity index (χ2v) is 4.02. The third-order valence-corrected chi connectivity index (χ3v) is 2.88. The number of hydrogen-bond donors (Lipinski definition) is 2. The van der Waals surface area contributed by atoms with E-state index in [1.807, 2.05) is 0 Å². The maximum atomic E-state index is 13.6. The van der Waals surface area contributed by atoms with Crippen molar-refractivity contribution in [3.63, 3.8) is 0 Å². The smallest absolute Gasteiger partial charge is 0.145 e. The summed E-state index contributed by atoms with van der Waals surface area (Å²) in [5.41, 5.74) is 5.88. The molecule has 0 aliphatic heterocycles. The van der Waals surface area contributed by atoms with Gasteiger partial charge in [0.15, 0.2) is 0 Å². The first kappa shape index (κ1) is 10.9. The van der Waals surface area contributed by atoms with Gasteiger partial charge in [0.2, 0.25) is 0 Å². The van der Waals surface area contributed by atoms with Crippen molar-refractivity contribution < 1.29 is 8.78 Å². The first-order chi connectivity index (χ1) is 7.61. The van der Waals surface area contributed by atoms with Gasteiger partial charge in [-0.05, 0) is 18.4 Å². The van der Waals surface area contributed by atoms with Crippen molar-refractivity contribution in [2.45, 2.75) is 4.90 Å². The third kappa shape index (κ3) is 1.88. The van der Waals surface area contributed by atoms with Gasteiger partial charge in [-0.2, -0.15) is 5.10 Å². The van der Waals surface area contributed by atoms with Crippen LogP contribution in [-0.2, 0) is 0 Å². The van der Waals surface area contributed by atoms with Crippen LogP contribution in [0.25, 0.3) is 11.3 Å². The Hall–Kier alpha value is -1.56. The van der Waals surface area contributed by atoms with E-state index in [9.17, 15) is 8.78 Å². The highest BCUT2D eigenvalue weighted by atomic mass is 32.2. The number of nitrogens with two attached hydrogens (primary N) is 1. The molecule has 0 saturated carbocycles. The lowest BCUT2D eigenvalue weighted by Crippen LogP contribution is -1.90. The van der Waals surface area contributed by atoms with Gasteiger partial charge in [-0.1, -0.05) is 0 Å². The van der Waals surface area contributed by atoms with Gasteiger partial charge in [-0.15, -0.1) is 11.8 Å². The maximum absolute atomic E-state index is 13.6. The number of benzene rings is 1. The Labute approximate surface area is 95.0 Å². The summed E-state index contributed by atoms with van der Waals surface area (Å²) >= 11 is 1.15. The van der Waals surface area contributed by atoms with Gasteiger partial charge < -0.3 is 5.73 Å². The molecule has 2 aromatic rings. The quantitative estimate of drug-likeness (QED) is 0.795. The number of nitrogens with one attached hydrogen (secondary N) is 1. The van der Waals surface area contributed by atoms with Gasteiger partial charge >= 0.3 is 0 Å². The molecule has 0 radical (unpaired) electrons. The fraction of sp³-hybridized carbons (Fsp3) is 0.100. The number of nitrogens with zero attached hydrogens (tertiary/aromatic N) is 1. The van der Waals surface area contributed by atoms with Crippen molar-refractivity contribution >= 4 is 17.6 Å². The summed E-state index contributed by atoms with van der Waals surface area (Å²) in [6.45, 7) is 0. The van der Waals surface area contributed by atoms with Crippen molar-refractivity contribution in [2.75, 3.05) is 12.0 Å². The molecule has 1 aromatic heterocycles. The number of aromatic nitrogens is 2. The number of H-pyrrole nitrogens is 1. The maximum Gasteiger partial charge on any atom is 0.145 e. The predicted octanol–water partition coefficient (Wildman–Crippen LogP) is 2.66. The number of nitrogen functional groups attached to an aromatic ring is 1. The molecule has 0 amide bonds. The molecule has 0 saturated heterocycles. The molecule has 1 aromatic carbocycles. The van der Waals surface area contributed by atoms with Gasteiger partial charge in [0, 0.05) is 16.5 Å². The molecule has 0 bridgehead atoms. The van der Waals surface area contributed by atoms with E-state index in [1.54, 1.807) is 6.26 Å². The minimum Gasteiger partial charge on any atom is -0.382 e. The number of aromatic amines is 1. The number of hydrogen-bond acceptors (Lipinski definition) is 3. The number of halogens is 2. The molecule has 3 N–H and O–H groups in total. The summed E-state index contributed by atoms with van der Waals surface area (Å²) in [5.74, 6) is -0.727. The Kier molecular flexibility index (Phi) is 2.82. The Morgan fingerprint density at radius 1 is 1.25 bits per heavy atom. The second kappa shape index (κ2) is 4.13. The summed E-state index contributed by atoms with van der Waals surface area (Å²) in [6.07, 6.45) is 1.69. The van der Waals surface area contributed by atoms with Crippen molar-refractivity contribution in [1.82, 2.24) is 10.2 Å². The van der Waals surface area contributed by atoms with Crippen molar-refractivity contribution in [3.05, 3.63) is 29.8 Å². The molecule has 6 heteroatoms. The fourth-order valence-electron chi connectivity index (χ4n) is 1.37. The molecule has 84 valence electrons. The Bertz CT molecular complexity index is 525. The van der Waals surface area contributed by atoms with Crippen LogP contribution in [0.15, 0.2) is 23.1 Å². The van der Waals surface area contributed by atoms with Crippen LogP contribution in [0, 0.1) is 11.6 Å². The molecule has 0 atom stereocenters. The van der Waals surface area contributed by atoms with Gasteiger partial charge in [0.1, 0.15) is 17.5 Å². The summed E-state index contributed by atoms with van der Waals surface area (Å²) in [7, 11) is 0. The van der Waals surface area contributed by atoms with Gasteiger partial charge in [-0.25, -0.2) is 8.78 Å². The molecular formula is C10H9F2N3S. The molecule has 0 unspecified atom stereocenters. The molecular weight excluding hydrogens is 232 g/mol. The first-order valence-corrected chi connectivity index (χ1v) is 5.68. The summed E-state index contributed by atoms with van der Waals surface area (Å²) in [5, 5.41) is 6.20. The van der Waals surface area contributed by atoms with Gasteiger partial charge in [0.25, 0.3) is 0 Å². The Balaban J connectivity index is 2.54. The van der Waals surface area contributed by atoms with Crippen LogP contribution in [0.4, 0.5) is 14.6 Å². The van der Waals surface area contributed by atoms with Crippen molar-refractivity contribution in [3.8, 4) is 11.3 Å². The molecule has 1 heterocycles. The summed E-state index contributed by atoms with van der Waals surface area (Å²) in [4.78, 5) is 0.272. The lowest BCUT2D eigenvalue weighted by molar-refractivity contribution is 0.579. The SMILES string of the molecule is CSc1cc(F)c(-c2cc(N)n[nH]2)cc1F. The number of anilines is 1. The van der Waals surface area contributed by atoms with Crippen LogP contribution in [0.2, 0.25) is 0 Å². The molecule has 0 aliphatic rings. The molecule has 16 heavy (non-hydrogen) atoms. The molecule has 3 nitrogen and oxygen atoms in total. The van der Waals surface area contributed by atoms with E-state index >= 15 is 0 Å².